The minimum absolute atomic E-state index is 0.00658. The zero-order valence-corrected chi connectivity index (χ0v) is 29.3. The quantitative estimate of drug-likeness (QED) is 0.123. The number of benzene rings is 1. The van der Waals surface area contributed by atoms with Crippen molar-refractivity contribution in [2.24, 2.45) is 5.92 Å². The fourth-order valence-electron chi connectivity index (χ4n) is 6.51. The second-order valence-corrected chi connectivity index (χ2v) is 13.6. The van der Waals surface area contributed by atoms with Gasteiger partial charge in [0, 0.05) is 36.1 Å². The van der Waals surface area contributed by atoms with Crippen LogP contribution in [-0.2, 0) is 4.79 Å². The SMILES string of the molecule is C=CC(=O)N1[C@H](C)CN(c2c(C#N)c(=O)n(C3=C(C)C=CNC3C(C)C)c3nc(-c4c(Cl)c(N)c(Cl)c(F)c4Cl)c(Cl)cc23)C[C@@H]1C. The lowest BCUT2D eigenvalue weighted by Gasteiger charge is -2.45. The van der Waals surface area contributed by atoms with Crippen molar-refractivity contribution in [1.29, 1.82) is 5.26 Å². The fourth-order valence-corrected chi connectivity index (χ4v) is 7.65. The van der Waals surface area contributed by atoms with E-state index in [9.17, 15) is 14.9 Å². The van der Waals surface area contributed by atoms with Gasteiger partial charge >= 0.3 is 0 Å². The Morgan fingerprint density at radius 2 is 1.83 bits per heavy atom. The molecule has 2 aliphatic heterocycles. The number of hydrogen-bond donors (Lipinski definition) is 2. The zero-order chi connectivity index (χ0) is 34.6. The topological polar surface area (TPSA) is 120 Å². The lowest BCUT2D eigenvalue weighted by molar-refractivity contribution is -0.130. The van der Waals surface area contributed by atoms with Crippen molar-refractivity contribution in [2.45, 2.75) is 52.7 Å². The molecule has 5 rings (SSSR count). The monoisotopic (exact) mass is 717 g/mol. The van der Waals surface area contributed by atoms with E-state index in [-0.39, 0.29) is 68.2 Å². The lowest BCUT2D eigenvalue weighted by Crippen LogP contribution is -2.58. The van der Waals surface area contributed by atoms with E-state index in [0.29, 0.717) is 29.9 Å². The number of fused-ring (bicyclic) bond motifs is 1. The molecule has 0 bridgehead atoms. The summed E-state index contributed by atoms with van der Waals surface area (Å²) in [6, 6.07) is 2.77. The number of rotatable bonds is 5. The van der Waals surface area contributed by atoms with Crippen molar-refractivity contribution < 1.29 is 9.18 Å². The van der Waals surface area contributed by atoms with E-state index in [2.05, 4.69) is 18.0 Å². The van der Waals surface area contributed by atoms with Gasteiger partial charge in [0.15, 0.2) is 5.82 Å². The number of dihydropyridines is 1. The van der Waals surface area contributed by atoms with E-state index in [1.165, 1.54) is 10.6 Å². The molecule has 2 aromatic heterocycles. The highest BCUT2D eigenvalue weighted by atomic mass is 35.5. The van der Waals surface area contributed by atoms with Crippen molar-refractivity contribution in [3.8, 4) is 17.3 Å². The molecule has 1 saturated heterocycles. The zero-order valence-electron chi connectivity index (χ0n) is 26.3. The predicted molar refractivity (Wildman–Crippen MR) is 189 cm³/mol. The minimum Gasteiger partial charge on any atom is -0.396 e. The van der Waals surface area contributed by atoms with E-state index in [4.69, 9.17) is 57.1 Å². The molecule has 1 aromatic carbocycles. The molecule has 4 heterocycles. The number of allylic oxidation sites excluding steroid dienone is 2. The van der Waals surface area contributed by atoms with Crippen LogP contribution >= 0.6 is 46.4 Å². The Balaban J connectivity index is 1.92. The van der Waals surface area contributed by atoms with Crippen molar-refractivity contribution >= 4 is 80.4 Å². The molecular formula is C33H32Cl4FN7O2. The van der Waals surface area contributed by atoms with Gasteiger partial charge in [0.05, 0.1) is 43.9 Å². The third-order valence-corrected chi connectivity index (χ3v) is 10.0. The van der Waals surface area contributed by atoms with E-state index >= 15 is 4.39 Å². The number of amides is 1. The number of anilines is 2. The Morgan fingerprint density at radius 1 is 1.19 bits per heavy atom. The number of nitrogen functional groups attached to an aromatic ring is 1. The first-order valence-electron chi connectivity index (χ1n) is 14.8. The lowest BCUT2D eigenvalue weighted by atomic mass is 9.94. The molecule has 0 spiro atoms. The number of piperazine rings is 1. The molecule has 3 N–H and O–H groups in total. The molecule has 1 amide bonds. The van der Waals surface area contributed by atoms with Gasteiger partial charge in [-0.2, -0.15) is 5.26 Å². The summed E-state index contributed by atoms with van der Waals surface area (Å²) in [4.78, 5) is 35.8. The highest BCUT2D eigenvalue weighted by molar-refractivity contribution is 6.46. The number of aromatic nitrogens is 2. The molecule has 3 atom stereocenters. The van der Waals surface area contributed by atoms with Gasteiger partial charge in [-0.25, -0.2) is 9.37 Å². The number of nitrogens with one attached hydrogen (secondary N) is 1. The van der Waals surface area contributed by atoms with Crippen molar-refractivity contribution in [3.63, 3.8) is 0 Å². The fraction of sp³-hybridized carbons (Fsp3) is 0.333. The van der Waals surface area contributed by atoms with E-state index < -0.39 is 21.4 Å². The third kappa shape index (κ3) is 5.63. The molecule has 246 valence electrons. The largest absolute Gasteiger partial charge is 0.396 e. The minimum atomic E-state index is -1.00. The molecule has 1 fully saturated rings. The van der Waals surface area contributed by atoms with Crippen LogP contribution in [0.25, 0.3) is 28.0 Å². The van der Waals surface area contributed by atoms with Crippen LogP contribution in [0.2, 0.25) is 20.1 Å². The second-order valence-electron chi connectivity index (χ2n) is 12.1. The van der Waals surface area contributed by atoms with Crippen molar-refractivity contribution in [3.05, 3.63) is 78.4 Å². The van der Waals surface area contributed by atoms with E-state index in [1.54, 1.807) is 17.2 Å². The average molecular weight is 719 g/mol. The molecule has 3 aromatic rings. The molecule has 0 radical (unpaired) electrons. The number of carbonyl (C=O) groups excluding carboxylic acids is 1. The summed E-state index contributed by atoms with van der Waals surface area (Å²) in [5, 5.41) is 13.2. The molecule has 47 heavy (non-hydrogen) atoms. The maximum absolute atomic E-state index is 15.2. The molecular weight excluding hydrogens is 687 g/mol. The van der Waals surface area contributed by atoms with Crippen LogP contribution in [0, 0.1) is 23.1 Å². The number of nitriles is 1. The van der Waals surface area contributed by atoms with Crippen molar-refractivity contribution in [2.75, 3.05) is 23.7 Å². The van der Waals surface area contributed by atoms with Gasteiger partial charge in [-0.05, 0) is 56.7 Å². The summed E-state index contributed by atoms with van der Waals surface area (Å²) >= 11 is 26.0. The van der Waals surface area contributed by atoms with Crippen LogP contribution in [-0.4, -0.2) is 51.6 Å². The second kappa shape index (κ2) is 13.0. The van der Waals surface area contributed by atoms with Crippen LogP contribution in [0.5, 0.6) is 0 Å². The summed E-state index contributed by atoms with van der Waals surface area (Å²) in [7, 11) is 0. The van der Waals surface area contributed by atoms with E-state index in [0.717, 1.165) is 5.57 Å². The van der Waals surface area contributed by atoms with Crippen LogP contribution in [0.1, 0.15) is 40.2 Å². The van der Waals surface area contributed by atoms with Gasteiger partial charge in [-0.1, -0.05) is 66.8 Å². The van der Waals surface area contributed by atoms with Crippen LogP contribution in [0.3, 0.4) is 0 Å². The Labute approximate surface area is 291 Å². The van der Waals surface area contributed by atoms with Gasteiger partial charge in [0.1, 0.15) is 22.3 Å². The standard InChI is InChI=1S/C33H32Cl4FN7O2/c1-7-21(46)44-16(5)12-43(13-17(44)6)31-18-10-20(34)29(22-23(35)26(38)25(37)27(40)24(22)36)42-32(18)45(33(47)19(31)11-39)30-15(4)8-9-41-28(30)14(2)3/h7-10,14,16-17,28,41H,1,12-13,40H2,2-6H3/t16-,17+,28?. The Kier molecular flexibility index (Phi) is 9.59. The van der Waals surface area contributed by atoms with Gasteiger partial charge < -0.3 is 20.9 Å². The number of halogens is 5. The molecule has 2 aliphatic rings. The summed E-state index contributed by atoms with van der Waals surface area (Å²) in [5.74, 6) is -1.21. The van der Waals surface area contributed by atoms with Gasteiger partial charge in [-0.3, -0.25) is 14.2 Å². The first-order valence-corrected chi connectivity index (χ1v) is 16.3. The highest BCUT2D eigenvalue weighted by Crippen LogP contribution is 2.47. The molecule has 9 nitrogen and oxygen atoms in total. The van der Waals surface area contributed by atoms with Gasteiger partial charge in [0.2, 0.25) is 5.91 Å². The molecule has 0 aliphatic carbocycles. The van der Waals surface area contributed by atoms with Crippen LogP contribution in [0.4, 0.5) is 15.8 Å². The Bertz CT molecular complexity index is 1980. The van der Waals surface area contributed by atoms with Crippen LogP contribution < -0.4 is 21.5 Å². The summed E-state index contributed by atoms with van der Waals surface area (Å²) < 4.78 is 16.6. The summed E-state index contributed by atoms with van der Waals surface area (Å²) in [6.45, 7) is 13.8. The van der Waals surface area contributed by atoms with Gasteiger partial charge in [0.25, 0.3) is 5.56 Å². The molecule has 1 unspecified atom stereocenters. The smallest absolute Gasteiger partial charge is 0.276 e. The number of carbonyl (C=O) groups is 1. The maximum atomic E-state index is 15.2. The summed E-state index contributed by atoms with van der Waals surface area (Å²) in [5.41, 5.74) is 6.68. The Hall–Kier alpha value is -3.75. The normalized spacial score (nSPS) is 19.7. The highest BCUT2D eigenvalue weighted by Gasteiger charge is 2.36. The first kappa shape index (κ1) is 34.6. The van der Waals surface area contributed by atoms with E-state index in [1.807, 2.05) is 45.6 Å². The number of pyridine rings is 2. The van der Waals surface area contributed by atoms with Crippen LogP contribution in [0.15, 0.2) is 41.4 Å². The predicted octanol–water partition coefficient (Wildman–Crippen LogP) is 7.25. The maximum Gasteiger partial charge on any atom is 0.276 e. The van der Waals surface area contributed by atoms with Crippen molar-refractivity contribution in [1.82, 2.24) is 19.8 Å². The average Bonchev–Trinajstić information content (AvgIpc) is 3.02. The number of nitrogens with zero attached hydrogens (tertiary/aromatic N) is 5. The number of hydrogen-bond acceptors (Lipinski definition) is 7. The third-order valence-electron chi connectivity index (χ3n) is 8.60. The van der Waals surface area contributed by atoms with Gasteiger partial charge in [-0.15, -0.1) is 0 Å². The molecule has 0 saturated carbocycles. The first-order chi connectivity index (χ1) is 22.2. The summed E-state index contributed by atoms with van der Waals surface area (Å²) in [6.07, 6.45) is 4.89. The Morgan fingerprint density at radius 3 is 2.40 bits per heavy atom. The number of nitrogens with two attached hydrogens (primary N) is 1. The molecule has 14 heteroatoms.